The number of carbonyl (C=O) groups is 2. The normalized spacial score (nSPS) is 11.1. The number of hydrogen-bond donors (Lipinski definition) is 2. The summed E-state index contributed by atoms with van der Waals surface area (Å²) >= 11 is 0. The number of nitrogens with zero attached hydrogens (tertiary/aromatic N) is 3. The molecule has 118 valence electrons. The van der Waals surface area contributed by atoms with E-state index < -0.39 is 11.9 Å². The van der Waals surface area contributed by atoms with Gasteiger partial charge in [-0.25, -0.2) is 0 Å². The summed E-state index contributed by atoms with van der Waals surface area (Å²) in [6.45, 7) is 4.08. The predicted octanol–water partition coefficient (Wildman–Crippen LogP) is 0.164. The first-order valence-electron chi connectivity index (χ1n) is 6.48. The second-order valence-electron chi connectivity index (χ2n) is 4.75. The minimum atomic E-state index is -1.02. The van der Waals surface area contributed by atoms with Gasteiger partial charge < -0.3 is 14.3 Å². The van der Waals surface area contributed by atoms with Crippen molar-refractivity contribution in [3.05, 3.63) is 5.89 Å². The second-order valence-corrected chi connectivity index (χ2v) is 4.75. The summed E-state index contributed by atoms with van der Waals surface area (Å²) in [6.07, 6.45) is 0. The standard InChI is InChI=1S/C12H20N4O5/c1-8(2)11-14-15-12(21-11)13-9(17)6-16(4-5-20-3)7-10(18)19/h8H,4-7H2,1-3H3,(H,18,19)(H,13,15,17). The number of aliphatic carboxylic acids is 1. The Balaban J connectivity index is 2.53. The van der Waals surface area contributed by atoms with Gasteiger partial charge in [-0.2, -0.15) is 0 Å². The van der Waals surface area contributed by atoms with Gasteiger partial charge in [-0.05, 0) is 0 Å². The molecule has 1 aromatic rings. The highest BCUT2D eigenvalue weighted by atomic mass is 16.5. The SMILES string of the molecule is COCCN(CC(=O)O)CC(=O)Nc1nnc(C(C)C)o1. The molecule has 1 amide bonds. The maximum atomic E-state index is 11.8. The molecule has 9 heteroatoms. The summed E-state index contributed by atoms with van der Waals surface area (Å²) < 4.78 is 10.1. The van der Waals surface area contributed by atoms with Gasteiger partial charge in [0.2, 0.25) is 11.8 Å². The maximum Gasteiger partial charge on any atom is 0.322 e. The van der Waals surface area contributed by atoms with Crippen LogP contribution in [0.15, 0.2) is 4.42 Å². The molecule has 0 radical (unpaired) electrons. The van der Waals surface area contributed by atoms with Gasteiger partial charge in [-0.15, -0.1) is 5.10 Å². The number of carbonyl (C=O) groups excluding carboxylic acids is 1. The minimum absolute atomic E-state index is 0.00529. The van der Waals surface area contributed by atoms with Crippen LogP contribution in [-0.4, -0.2) is 65.4 Å². The highest BCUT2D eigenvalue weighted by Crippen LogP contribution is 2.14. The number of nitrogens with one attached hydrogen (secondary N) is 1. The summed E-state index contributed by atoms with van der Waals surface area (Å²) in [5.41, 5.74) is 0. The van der Waals surface area contributed by atoms with E-state index in [-0.39, 0.29) is 25.0 Å². The average molecular weight is 300 g/mol. The van der Waals surface area contributed by atoms with E-state index in [0.717, 1.165) is 0 Å². The van der Waals surface area contributed by atoms with Gasteiger partial charge in [0.15, 0.2) is 0 Å². The summed E-state index contributed by atoms with van der Waals surface area (Å²) in [5.74, 6) is -0.953. The van der Waals surface area contributed by atoms with Gasteiger partial charge in [-0.1, -0.05) is 18.9 Å². The number of amides is 1. The Morgan fingerprint density at radius 3 is 2.62 bits per heavy atom. The summed E-state index contributed by atoms with van der Waals surface area (Å²) in [7, 11) is 1.50. The molecular weight excluding hydrogens is 280 g/mol. The monoisotopic (exact) mass is 300 g/mol. The van der Waals surface area contributed by atoms with Gasteiger partial charge in [0.1, 0.15) is 0 Å². The molecule has 0 spiro atoms. The molecule has 21 heavy (non-hydrogen) atoms. The average Bonchev–Trinajstić information content (AvgIpc) is 2.83. The molecule has 1 aromatic heterocycles. The maximum absolute atomic E-state index is 11.8. The van der Waals surface area contributed by atoms with Crippen molar-refractivity contribution in [1.29, 1.82) is 0 Å². The fourth-order valence-corrected chi connectivity index (χ4v) is 1.51. The first-order chi connectivity index (χ1) is 9.92. The van der Waals surface area contributed by atoms with Crippen LogP contribution in [0.4, 0.5) is 6.01 Å². The summed E-state index contributed by atoms with van der Waals surface area (Å²) in [4.78, 5) is 24.0. The van der Waals surface area contributed by atoms with Crippen LogP contribution in [0.3, 0.4) is 0 Å². The molecular formula is C12H20N4O5. The summed E-state index contributed by atoms with van der Waals surface area (Å²) in [6, 6.07) is 0.00529. The Morgan fingerprint density at radius 1 is 1.38 bits per heavy atom. The number of carboxylic acid groups (broad SMARTS) is 1. The fraction of sp³-hybridized carbons (Fsp3) is 0.667. The molecule has 2 N–H and O–H groups in total. The zero-order valence-corrected chi connectivity index (χ0v) is 12.3. The van der Waals surface area contributed by atoms with Crippen molar-refractivity contribution >= 4 is 17.9 Å². The molecule has 0 atom stereocenters. The number of methoxy groups -OCH3 is 1. The highest BCUT2D eigenvalue weighted by Gasteiger charge is 2.16. The van der Waals surface area contributed by atoms with Gasteiger partial charge >= 0.3 is 12.0 Å². The van der Waals surface area contributed by atoms with Crippen LogP contribution in [0.1, 0.15) is 25.7 Å². The van der Waals surface area contributed by atoms with Crippen molar-refractivity contribution in [2.75, 3.05) is 38.7 Å². The molecule has 0 aromatic carbocycles. The topological polar surface area (TPSA) is 118 Å². The van der Waals surface area contributed by atoms with E-state index in [1.54, 1.807) is 0 Å². The quantitative estimate of drug-likeness (QED) is 0.662. The lowest BCUT2D eigenvalue weighted by atomic mass is 10.2. The van der Waals surface area contributed by atoms with E-state index in [2.05, 4.69) is 15.5 Å². The third-order valence-corrected chi connectivity index (χ3v) is 2.52. The molecule has 0 aliphatic rings. The molecule has 0 aliphatic heterocycles. The number of ether oxygens (including phenoxy) is 1. The van der Waals surface area contributed by atoms with E-state index in [4.69, 9.17) is 14.3 Å². The van der Waals surface area contributed by atoms with Crippen LogP contribution < -0.4 is 5.32 Å². The van der Waals surface area contributed by atoms with Gasteiger partial charge in [-0.3, -0.25) is 19.8 Å². The lowest BCUT2D eigenvalue weighted by Crippen LogP contribution is -2.38. The highest BCUT2D eigenvalue weighted by molar-refractivity contribution is 5.90. The number of anilines is 1. The van der Waals surface area contributed by atoms with Crippen LogP contribution in [0.25, 0.3) is 0 Å². The lowest BCUT2D eigenvalue weighted by Gasteiger charge is -2.18. The van der Waals surface area contributed by atoms with Crippen molar-refractivity contribution in [1.82, 2.24) is 15.1 Å². The molecule has 0 bridgehead atoms. The molecule has 0 fully saturated rings. The zero-order valence-electron chi connectivity index (χ0n) is 12.3. The van der Waals surface area contributed by atoms with Crippen LogP contribution in [0.5, 0.6) is 0 Å². The number of rotatable bonds is 9. The minimum Gasteiger partial charge on any atom is -0.480 e. The molecule has 0 saturated heterocycles. The van der Waals surface area contributed by atoms with Crippen LogP contribution in [0.2, 0.25) is 0 Å². The third-order valence-electron chi connectivity index (χ3n) is 2.52. The first kappa shape index (κ1) is 17.1. The Morgan fingerprint density at radius 2 is 2.10 bits per heavy atom. The van der Waals surface area contributed by atoms with Crippen molar-refractivity contribution in [2.45, 2.75) is 19.8 Å². The molecule has 0 unspecified atom stereocenters. The van der Waals surface area contributed by atoms with E-state index in [1.165, 1.54) is 12.0 Å². The lowest BCUT2D eigenvalue weighted by molar-refractivity contribution is -0.138. The molecule has 0 aliphatic carbocycles. The Bertz CT molecular complexity index is 474. The largest absolute Gasteiger partial charge is 0.480 e. The van der Waals surface area contributed by atoms with Crippen molar-refractivity contribution < 1.29 is 23.8 Å². The number of carboxylic acids is 1. The third kappa shape index (κ3) is 6.32. The van der Waals surface area contributed by atoms with Crippen molar-refractivity contribution in [3.63, 3.8) is 0 Å². The predicted molar refractivity (Wildman–Crippen MR) is 73.0 cm³/mol. The van der Waals surface area contributed by atoms with E-state index in [1.807, 2.05) is 13.8 Å². The summed E-state index contributed by atoms with van der Waals surface area (Å²) in [5, 5.41) is 18.7. The van der Waals surface area contributed by atoms with Crippen molar-refractivity contribution in [3.8, 4) is 0 Å². The van der Waals surface area contributed by atoms with Crippen LogP contribution in [-0.2, 0) is 14.3 Å². The smallest absolute Gasteiger partial charge is 0.322 e. The molecule has 0 saturated carbocycles. The van der Waals surface area contributed by atoms with E-state index in [0.29, 0.717) is 19.0 Å². The molecule has 9 nitrogen and oxygen atoms in total. The number of aromatic nitrogens is 2. The van der Waals surface area contributed by atoms with E-state index >= 15 is 0 Å². The second kappa shape index (κ2) is 8.32. The Kier molecular flexibility index (Phi) is 6.76. The zero-order chi connectivity index (χ0) is 15.8. The van der Waals surface area contributed by atoms with Crippen LogP contribution >= 0.6 is 0 Å². The molecule has 1 rings (SSSR count). The molecule has 1 heterocycles. The Hall–Kier alpha value is -2.00. The van der Waals surface area contributed by atoms with Gasteiger partial charge in [0.05, 0.1) is 19.7 Å². The fourth-order valence-electron chi connectivity index (χ4n) is 1.51. The van der Waals surface area contributed by atoms with Crippen molar-refractivity contribution in [2.24, 2.45) is 0 Å². The van der Waals surface area contributed by atoms with Gasteiger partial charge in [0.25, 0.3) is 0 Å². The number of hydrogen-bond acceptors (Lipinski definition) is 7. The first-order valence-corrected chi connectivity index (χ1v) is 6.48. The Labute approximate surface area is 122 Å². The van der Waals surface area contributed by atoms with E-state index in [9.17, 15) is 9.59 Å². The van der Waals surface area contributed by atoms with Crippen LogP contribution in [0, 0.1) is 0 Å². The van der Waals surface area contributed by atoms with Gasteiger partial charge in [0, 0.05) is 19.6 Å².